The summed E-state index contributed by atoms with van der Waals surface area (Å²) in [6, 6.07) is 10.7. The fourth-order valence-electron chi connectivity index (χ4n) is 2.54. The average molecular weight is 425 g/mol. The lowest BCUT2D eigenvalue weighted by atomic mass is 10.1. The summed E-state index contributed by atoms with van der Waals surface area (Å²) in [5.41, 5.74) is 1.10. The monoisotopic (exact) mass is 425 g/mol. The SMILES string of the molecule is COc1ccc(C(=O)CCC(=O)NCc2ccc(OCC(F)(F)F)cc2)cc1OC. The number of halogens is 3. The fraction of sp³-hybridized carbons (Fsp3) is 0.333. The molecule has 0 aliphatic rings. The van der Waals surface area contributed by atoms with Gasteiger partial charge in [0.15, 0.2) is 23.9 Å². The van der Waals surface area contributed by atoms with Gasteiger partial charge in [-0.2, -0.15) is 13.2 Å². The van der Waals surface area contributed by atoms with Gasteiger partial charge in [0.1, 0.15) is 5.75 Å². The standard InChI is InChI=1S/C21H22F3NO5/c1-28-18-9-5-15(11-19(18)29-2)17(26)8-10-20(27)25-12-14-3-6-16(7-4-14)30-13-21(22,23)24/h3-7,9,11H,8,10,12-13H2,1-2H3,(H,25,27). The van der Waals surface area contributed by atoms with E-state index in [9.17, 15) is 22.8 Å². The number of hydrogen-bond donors (Lipinski definition) is 1. The first-order valence-electron chi connectivity index (χ1n) is 9.02. The molecule has 1 N–H and O–H groups in total. The summed E-state index contributed by atoms with van der Waals surface area (Å²) in [6.07, 6.45) is -4.38. The van der Waals surface area contributed by atoms with Gasteiger partial charge in [0.2, 0.25) is 5.91 Å². The van der Waals surface area contributed by atoms with Crippen LogP contribution in [-0.4, -0.2) is 38.7 Å². The molecule has 162 valence electrons. The minimum Gasteiger partial charge on any atom is -0.493 e. The van der Waals surface area contributed by atoms with E-state index in [2.05, 4.69) is 10.1 Å². The summed E-state index contributed by atoms with van der Waals surface area (Å²) in [4.78, 5) is 24.3. The number of methoxy groups -OCH3 is 2. The van der Waals surface area contributed by atoms with E-state index in [1.165, 1.54) is 26.4 Å². The molecule has 6 nitrogen and oxygen atoms in total. The quantitative estimate of drug-likeness (QED) is 0.584. The average Bonchev–Trinajstić information content (AvgIpc) is 2.74. The van der Waals surface area contributed by atoms with Crippen LogP contribution in [0.3, 0.4) is 0 Å². The van der Waals surface area contributed by atoms with Crippen molar-refractivity contribution in [2.75, 3.05) is 20.8 Å². The Hall–Kier alpha value is -3.23. The van der Waals surface area contributed by atoms with Gasteiger partial charge in [-0.3, -0.25) is 9.59 Å². The van der Waals surface area contributed by atoms with Crippen LogP contribution in [0.4, 0.5) is 13.2 Å². The van der Waals surface area contributed by atoms with Gasteiger partial charge < -0.3 is 19.5 Å². The smallest absolute Gasteiger partial charge is 0.422 e. The van der Waals surface area contributed by atoms with Crippen LogP contribution >= 0.6 is 0 Å². The zero-order valence-electron chi connectivity index (χ0n) is 16.5. The molecule has 1 amide bonds. The van der Waals surface area contributed by atoms with Crippen molar-refractivity contribution < 1.29 is 37.0 Å². The number of hydrogen-bond acceptors (Lipinski definition) is 5. The number of ketones is 1. The highest BCUT2D eigenvalue weighted by molar-refractivity contribution is 5.98. The molecule has 0 atom stereocenters. The Morgan fingerprint density at radius 1 is 0.933 bits per heavy atom. The molecule has 0 aliphatic carbocycles. The fourth-order valence-corrected chi connectivity index (χ4v) is 2.54. The lowest BCUT2D eigenvalue weighted by molar-refractivity contribution is -0.153. The third-order valence-corrected chi connectivity index (χ3v) is 4.10. The molecular formula is C21H22F3NO5. The van der Waals surface area contributed by atoms with Crippen molar-refractivity contribution in [2.45, 2.75) is 25.6 Å². The number of rotatable bonds is 10. The minimum absolute atomic E-state index is 0.0000443. The molecule has 2 aromatic carbocycles. The summed E-state index contributed by atoms with van der Waals surface area (Å²) >= 11 is 0. The van der Waals surface area contributed by atoms with Crippen molar-refractivity contribution in [3.8, 4) is 17.2 Å². The normalized spacial score (nSPS) is 11.0. The van der Waals surface area contributed by atoms with Gasteiger partial charge in [-0.05, 0) is 35.9 Å². The van der Waals surface area contributed by atoms with Crippen LogP contribution in [0.25, 0.3) is 0 Å². The van der Waals surface area contributed by atoms with E-state index in [4.69, 9.17) is 9.47 Å². The molecule has 0 heterocycles. The first kappa shape index (κ1) is 23.1. The van der Waals surface area contributed by atoms with Crippen molar-refractivity contribution in [1.82, 2.24) is 5.32 Å². The summed E-state index contributed by atoms with van der Waals surface area (Å²) in [5, 5.41) is 2.67. The van der Waals surface area contributed by atoms with E-state index < -0.39 is 12.8 Å². The predicted octanol–water partition coefficient (Wildman–Crippen LogP) is 3.92. The topological polar surface area (TPSA) is 73.9 Å². The van der Waals surface area contributed by atoms with E-state index in [0.29, 0.717) is 22.6 Å². The lowest BCUT2D eigenvalue weighted by Crippen LogP contribution is -2.23. The molecule has 0 aromatic heterocycles. The summed E-state index contributed by atoms with van der Waals surface area (Å²) < 4.78 is 51.3. The van der Waals surface area contributed by atoms with Gasteiger partial charge in [0.05, 0.1) is 14.2 Å². The lowest BCUT2D eigenvalue weighted by Gasteiger charge is -2.10. The van der Waals surface area contributed by atoms with Gasteiger partial charge >= 0.3 is 6.18 Å². The Labute approximate surface area is 171 Å². The Balaban J connectivity index is 1.79. The first-order valence-corrected chi connectivity index (χ1v) is 9.02. The zero-order chi connectivity index (χ0) is 22.1. The van der Waals surface area contributed by atoms with Crippen LogP contribution in [0, 0.1) is 0 Å². The van der Waals surface area contributed by atoms with E-state index in [1.807, 2.05) is 0 Å². The van der Waals surface area contributed by atoms with Gasteiger partial charge in [-0.15, -0.1) is 0 Å². The molecule has 0 unspecified atom stereocenters. The number of ether oxygens (including phenoxy) is 3. The van der Waals surface area contributed by atoms with Crippen molar-refractivity contribution >= 4 is 11.7 Å². The highest BCUT2D eigenvalue weighted by Gasteiger charge is 2.28. The Morgan fingerprint density at radius 3 is 2.20 bits per heavy atom. The van der Waals surface area contributed by atoms with E-state index in [0.717, 1.165) is 0 Å². The summed E-state index contributed by atoms with van der Waals surface area (Å²) in [7, 11) is 2.96. The number of carbonyl (C=O) groups is 2. The third-order valence-electron chi connectivity index (χ3n) is 4.10. The Morgan fingerprint density at radius 2 is 1.60 bits per heavy atom. The molecule has 0 radical (unpaired) electrons. The molecule has 30 heavy (non-hydrogen) atoms. The van der Waals surface area contributed by atoms with Crippen molar-refractivity contribution in [2.24, 2.45) is 0 Å². The van der Waals surface area contributed by atoms with Gasteiger partial charge in [-0.1, -0.05) is 12.1 Å². The van der Waals surface area contributed by atoms with Crippen LogP contribution in [0.15, 0.2) is 42.5 Å². The Kier molecular flexibility index (Phi) is 8.08. The van der Waals surface area contributed by atoms with E-state index >= 15 is 0 Å². The molecule has 9 heteroatoms. The number of Topliss-reactive ketones (excluding diaryl/α,β-unsaturated/α-hetero) is 1. The van der Waals surface area contributed by atoms with Crippen molar-refractivity contribution in [3.05, 3.63) is 53.6 Å². The van der Waals surface area contributed by atoms with Gasteiger partial charge in [-0.25, -0.2) is 0 Å². The molecule has 0 bridgehead atoms. The summed E-state index contributed by atoms with van der Waals surface area (Å²) in [5.74, 6) is 0.485. The maximum atomic E-state index is 12.3. The maximum Gasteiger partial charge on any atom is 0.422 e. The molecule has 0 fully saturated rings. The number of alkyl halides is 3. The van der Waals surface area contributed by atoms with Crippen molar-refractivity contribution in [1.29, 1.82) is 0 Å². The number of nitrogens with one attached hydrogen (secondary N) is 1. The molecule has 0 saturated heterocycles. The molecule has 2 rings (SSSR count). The highest BCUT2D eigenvalue weighted by Crippen LogP contribution is 2.28. The van der Waals surface area contributed by atoms with Crippen LogP contribution in [-0.2, 0) is 11.3 Å². The van der Waals surface area contributed by atoms with E-state index in [1.54, 1.807) is 30.3 Å². The van der Waals surface area contributed by atoms with Crippen molar-refractivity contribution in [3.63, 3.8) is 0 Å². The molecule has 2 aromatic rings. The number of amides is 1. The highest BCUT2D eigenvalue weighted by atomic mass is 19.4. The second-order valence-corrected chi connectivity index (χ2v) is 6.32. The van der Waals surface area contributed by atoms with Crippen LogP contribution in [0.5, 0.6) is 17.2 Å². The predicted molar refractivity (Wildman–Crippen MR) is 103 cm³/mol. The van der Waals surface area contributed by atoms with Crippen LogP contribution in [0.1, 0.15) is 28.8 Å². The summed E-state index contributed by atoms with van der Waals surface area (Å²) in [6.45, 7) is -1.18. The third kappa shape index (κ3) is 7.31. The van der Waals surface area contributed by atoms with Crippen LogP contribution < -0.4 is 19.5 Å². The first-order chi connectivity index (χ1) is 14.2. The second kappa shape index (κ2) is 10.5. The van der Waals surface area contributed by atoms with Gasteiger partial charge in [0.25, 0.3) is 0 Å². The second-order valence-electron chi connectivity index (χ2n) is 6.32. The molecule has 0 aliphatic heterocycles. The van der Waals surface area contributed by atoms with Crippen LogP contribution in [0.2, 0.25) is 0 Å². The number of benzene rings is 2. The minimum atomic E-state index is -4.40. The number of carbonyl (C=O) groups excluding carboxylic acids is 2. The molecular weight excluding hydrogens is 403 g/mol. The Bertz CT molecular complexity index is 866. The zero-order valence-corrected chi connectivity index (χ0v) is 16.5. The van der Waals surface area contributed by atoms with Gasteiger partial charge in [0, 0.05) is 24.9 Å². The maximum absolute atomic E-state index is 12.3. The molecule has 0 spiro atoms. The van der Waals surface area contributed by atoms with E-state index in [-0.39, 0.29) is 36.8 Å². The molecule has 0 saturated carbocycles. The largest absolute Gasteiger partial charge is 0.493 e.